The summed E-state index contributed by atoms with van der Waals surface area (Å²) in [5, 5.41) is 12.2. The maximum atomic E-state index is 12.2. The van der Waals surface area contributed by atoms with Crippen molar-refractivity contribution in [3.63, 3.8) is 0 Å². The van der Waals surface area contributed by atoms with Crippen molar-refractivity contribution in [2.45, 2.75) is 25.7 Å². The molecule has 94 valence electrons. The number of halogens is 2. The van der Waals surface area contributed by atoms with Crippen molar-refractivity contribution in [2.75, 3.05) is 5.32 Å². The number of anilines is 1. The fourth-order valence-electron chi connectivity index (χ4n) is 2.10. The van der Waals surface area contributed by atoms with Crippen molar-refractivity contribution in [1.82, 2.24) is 4.98 Å². The number of nitrogens with zero attached hydrogens (tertiary/aromatic N) is 2. The van der Waals surface area contributed by atoms with Gasteiger partial charge in [0.15, 0.2) is 5.82 Å². The molecule has 0 atom stereocenters. The Morgan fingerprint density at radius 1 is 1.56 bits per heavy atom. The first-order chi connectivity index (χ1) is 8.59. The third-order valence-corrected chi connectivity index (χ3v) is 4.45. The van der Waals surface area contributed by atoms with Crippen LogP contribution in [0.15, 0.2) is 16.7 Å². The zero-order chi connectivity index (χ0) is 13.2. The monoisotopic (exact) mass is 327 g/mol. The van der Waals surface area contributed by atoms with Gasteiger partial charge in [-0.25, -0.2) is 4.98 Å². The molecule has 18 heavy (non-hydrogen) atoms. The van der Waals surface area contributed by atoms with Gasteiger partial charge in [0, 0.05) is 10.7 Å². The molecule has 1 amide bonds. The molecule has 0 aromatic carbocycles. The molecule has 1 N–H and O–H groups in total. The van der Waals surface area contributed by atoms with Gasteiger partial charge in [0.1, 0.15) is 5.41 Å². The highest BCUT2D eigenvalue weighted by Crippen LogP contribution is 2.39. The van der Waals surface area contributed by atoms with Crippen LogP contribution in [0.3, 0.4) is 0 Å². The molecule has 1 aliphatic carbocycles. The van der Waals surface area contributed by atoms with Crippen LogP contribution < -0.4 is 5.32 Å². The minimum Gasteiger partial charge on any atom is -0.308 e. The molecule has 0 unspecified atom stereocenters. The van der Waals surface area contributed by atoms with E-state index in [9.17, 15) is 10.1 Å². The molecule has 1 fully saturated rings. The first-order valence-corrected chi connectivity index (χ1v) is 6.79. The van der Waals surface area contributed by atoms with Crippen LogP contribution in [0.4, 0.5) is 5.82 Å². The molecule has 1 heterocycles. The number of amides is 1. The van der Waals surface area contributed by atoms with Gasteiger partial charge >= 0.3 is 0 Å². The van der Waals surface area contributed by atoms with Gasteiger partial charge in [-0.2, -0.15) is 5.26 Å². The molecule has 0 spiro atoms. The zero-order valence-electron chi connectivity index (χ0n) is 9.54. The van der Waals surface area contributed by atoms with Crippen LogP contribution in [0.2, 0.25) is 5.02 Å². The Labute approximate surface area is 118 Å². The van der Waals surface area contributed by atoms with Gasteiger partial charge in [-0.3, -0.25) is 4.79 Å². The predicted molar refractivity (Wildman–Crippen MR) is 72.1 cm³/mol. The lowest BCUT2D eigenvalue weighted by atomic mass is 9.87. The normalized spacial score (nSPS) is 17.2. The summed E-state index contributed by atoms with van der Waals surface area (Å²) in [6, 6.07) is 3.83. The van der Waals surface area contributed by atoms with Gasteiger partial charge in [-0.05, 0) is 34.8 Å². The number of carbonyl (C=O) groups excluding carboxylic acids is 1. The van der Waals surface area contributed by atoms with E-state index in [1.54, 1.807) is 12.3 Å². The van der Waals surface area contributed by atoms with Gasteiger partial charge in [0.25, 0.3) is 0 Å². The predicted octanol–water partition coefficient (Wildman–Crippen LogP) is 3.52. The average molecular weight is 329 g/mol. The van der Waals surface area contributed by atoms with Crippen LogP contribution in [0.1, 0.15) is 25.7 Å². The molecule has 2 rings (SSSR count). The van der Waals surface area contributed by atoms with E-state index in [2.05, 4.69) is 32.3 Å². The first-order valence-electron chi connectivity index (χ1n) is 5.62. The smallest absolute Gasteiger partial charge is 0.246 e. The van der Waals surface area contributed by atoms with E-state index in [0.29, 0.717) is 22.3 Å². The van der Waals surface area contributed by atoms with E-state index >= 15 is 0 Å². The number of nitriles is 1. The number of nitrogens with one attached hydrogen (secondary N) is 1. The summed E-state index contributed by atoms with van der Waals surface area (Å²) in [7, 11) is 0. The average Bonchev–Trinajstić information content (AvgIpc) is 2.85. The fraction of sp³-hybridized carbons (Fsp3) is 0.417. The van der Waals surface area contributed by atoms with Crippen molar-refractivity contribution in [1.29, 1.82) is 5.26 Å². The number of hydrogen-bond acceptors (Lipinski definition) is 3. The summed E-state index contributed by atoms with van der Waals surface area (Å²) >= 11 is 9.29. The lowest BCUT2D eigenvalue weighted by Gasteiger charge is -2.19. The first kappa shape index (κ1) is 13.3. The maximum Gasteiger partial charge on any atom is 0.246 e. The SMILES string of the molecule is N#CC1(C(=O)Nc2nccc(Br)c2Cl)CCCC1. The summed E-state index contributed by atoms with van der Waals surface area (Å²) < 4.78 is 0.659. The largest absolute Gasteiger partial charge is 0.308 e. The minimum absolute atomic E-state index is 0.289. The Morgan fingerprint density at radius 3 is 2.83 bits per heavy atom. The lowest BCUT2D eigenvalue weighted by Crippen LogP contribution is -2.32. The molecule has 0 aliphatic heterocycles. The zero-order valence-corrected chi connectivity index (χ0v) is 11.9. The molecule has 1 saturated carbocycles. The number of hydrogen-bond donors (Lipinski definition) is 1. The van der Waals surface area contributed by atoms with E-state index in [-0.39, 0.29) is 11.7 Å². The second kappa shape index (κ2) is 5.25. The maximum absolute atomic E-state index is 12.2. The van der Waals surface area contributed by atoms with Crippen molar-refractivity contribution < 1.29 is 4.79 Å². The van der Waals surface area contributed by atoms with Crippen molar-refractivity contribution in [3.8, 4) is 6.07 Å². The Morgan fingerprint density at radius 2 is 2.22 bits per heavy atom. The van der Waals surface area contributed by atoms with Crippen molar-refractivity contribution in [3.05, 3.63) is 21.8 Å². The van der Waals surface area contributed by atoms with Gasteiger partial charge in [0.05, 0.1) is 11.1 Å². The van der Waals surface area contributed by atoms with Crippen LogP contribution in [0.25, 0.3) is 0 Å². The van der Waals surface area contributed by atoms with E-state index < -0.39 is 5.41 Å². The van der Waals surface area contributed by atoms with Crippen LogP contribution in [0, 0.1) is 16.7 Å². The number of aromatic nitrogens is 1. The summed E-state index contributed by atoms with van der Waals surface area (Å²) in [6.45, 7) is 0. The molecular formula is C12H11BrClN3O. The van der Waals surface area contributed by atoms with Crippen LogP contribution in [0.5, 0.6) is 0 Å². The molecule has 0 saturated heterocycles. The third-order valence-electron chi connectivity index (χ3n) is 3.18. The standard InChI is InChI=1S/C12H11BrClN3O/c13-8-3-6-16-10(9(8)14)17-11(18)12(7-15)4-1-2-5-12/h3,6H,1-2,4-5H2,(H,16,17,18). The van der Waals surface area contributed by atoms with Crippen LogP contribution in [-0.2, 0) is 4.79 Å². The quantitative estimate of drug-likeness (QED) is 0.903. The molecule has 1 aromatic rings. The van der Waals surface area contributed by atoms with E-state index in [4.69, 9.17) is 11.6 Å². The van der Waals surface area contributed by atoms with Crippen molar-refractivity contribution >= 4 is 39.3 Å². The number of carbonyl (C=O) groups is 1. The minimum atomic E-state index is -0.923. The molecule has 0 bridgehead atoms. The van der Waals surface area contributed by atoms with E-state index in [1.165, 1.54) is 0 Å². The van der Waals surface area contributed by atoms with Crippen LogP contribution in [-0.4, -0.2) is 10.9 Å². The third kappa shape index (κ3) is 2.36. The lowest BCUT2D eigenvalue weighted by molar-refractivity contribution is -0.122. The Hall–Kier alpha value is -1.12. The highest BCUT2D eigenvalue weighted by Gasteiger charge is 2.41. The van der Waals surface area contributed by atoms with E-state index in [0.717, 1.165) is 12.8 Å². The van der Waals surface area contributed by atoms with Crippen molar-refractivity contribution in [2.24, 2.45) is 5.41 Å². The Balaban J connectivity index is 2.22. The van der Waals surface area contributed by atoms with Gasteiger partial charge in [-0.15, -0.1) is 0 Å². The summed E-state index contributed by atoms with van der Waals surface area (Å²) in [4.78, 5) is 16.2. The Bertz CT molecular complexity index is 521. The highest BCUT2D eigenvalue weighted by molar-refractivity contribution is 9.10. The summed E-state index contributed by atoms with van der Waals surface area (Å²) in [5.74, 6) is -0.0208. The molecule has 0 radical (unpaired) electrons. The fourth-order valence-corrected chi connectivity index (χ4v) is 2.57. The van der Waals surface area contributed by atoms with Crippen LogP contribution >= 0.6 is 27.5 Å². The molecule has 6 heteroatoms. The molecule has 1 aromatic heterocycles. The topological polar surface area (TPSA) is 65.8 Å². The second-order valence-electron chi connectivity index (χ2n) is 4.31. The van der Waals surface area contributed by atoms with E-state index in [1.807, 2.05) is 0 Å². The summed E-state index contributed by atoms with van der Waals surface area (Å²) in [5.41, 5.74) is -0.923. The molecular weight excluding hydrogens is 318 g/mol. The second-order valence-corrected chi connectivity index (χ2v) is 5.54. The van der Waals surface area contributed by atoms with Gasteiger partial charge in [0.2, 0.25) is 5.91 Å². The molecule has 4 nitrogen and oxygen atoms in total. The number of rotatable bonds is 2. The number of pyridine rings is 1. The summed E-state index contributed by atoms with van der Waals surface area (Å²) in [6.07, 6.45) is 4.54. The molecule has 1 aliphatic rings. The highest BCUT2D eigenvalue weighted by atomic mass is 79.9. The van der Waals surface area contributed by atoms with Gasteiger partial charge in [-0.1, -0.05) is 24.4 Å². The van der Waals surface area contributed by atoms with Gasteiger partial charge < -0.3 is 5.32 Å². The Kier molecular flexibility index (Phi) is 3.88.